The van der Waals surface area contributed by atoms with E-state index in [4.69, 9.17) is 10.6 Å². The van der Waals surface area contributed by atoms with Crippen LogP contribution in [-0.2, 0) is 9.53 Å². The Hall–Kier alpha value is -1.58. The van der Waals surface area contributed by atoms with Crippen molar-refractivity contribution in [2.75, 3.05) is 30.1 Å². The molecule has 0 atom stereocenters. The van der Waals surface area contributed by atoms with Gasteiger partial charge >= 0.3 is 0 Å². The molecular formula is C16H20BrN5O2S. The fourth-order valence-electron chi connectivity index (χ4n) is 2.65. The number of nitrogen functional groups attached to an aromatic ring is 1. The van der Waals surface area contributed by atoms with E-state index in [0.29, 0.717) is 23.2 Å². The molecule has 3 N–H and O–H groups in total. The normalized spacial score (nSPS) is 15.2. The maximum Gasteiger partial charge on any atom is 0.225 e. The van der Waals surface area contributed by atoms with E-state index in [1.807, 2.05) is 24.3 Å². The lowest BCUT2D eigenvalue weighted by Crippen LogP contribution is -2.22. The third-order valence-electron chi connectivity index (χ3n) is 3.95. The Kier molecular flexibility index (Phi) is 6.33. The van der Waals surface area contributed by atoms with Gasteiger partial charge in [-0.1, -0.05) is 33.8 Å². The first-order chi connectivity index (χ1) is 12.1. The number of nitrogens with two attached hydrogens (primary N) is 1. The first-order valence-corrected chi connectivity index (χ1v) is 9.87. The highest BCUT2D eigenvalue weighted by Crippen LogP contribution is 2.27. The lowest BCUT2D eigenvalue weighted by molar-refractivity contribution is -0.115. The average molecular weight is 426 g/mol. The number of benzene rings is 1. The Labute approximate surface area is 158 Å². The molecule has 7 nitrogen and oxygen atoms in total. The van der Waals surface area contributed by atoms with Gasteiger partial charge < -0.3 is 15.9 Å². The standard InChI is InChI=1S/C16H20BrN5O2S/c17-12-2-1-3-13(10-12)19-14(23)6-9-25-16-21-20-15(22(16)18)11-4-7-24-8-5-11/h1-3,10-11H,4-9,18H2,(H,19,23). The van der Waals surface area contributed by atoms with Crippen LogP contribution in [0.5, 0.6) is 0 Å². The summed E-state index contributed by atoms with van der Waals surface area (Å²) < 4.78 is 7.84. The topological polar surface area (TPSA) is 95.1 Å². The van der Waals surface area contributed by atoms with E-state index < -0.39 is 0 Å². The number of aromatic nitrogens is 3. The van der Waals surface area contributed by atoms with Crippen LogP contribution >= 0.6 is 27.7 Å². The summed E-state index contributed by atoms with van der Waals surface area (Å²) in [7, 11) is 0. The maximum absolute atomic E-state index is 12.0. The molecule has 0 spiro atoms. The third-order valence-corrected chi connectivity index (χ3v) is 5.38. The van der Waals surface area contributed by atoms with Gasteiger partial charge in [-0.3, -0.25) is 4.79 Å². The molecule has 1 aliphatic rings. The molecule has 2 aromatic rings. The second-order valence-electron chi connectivity index (χ2n) is 5.75. The fraction of sp³-hybridized carbons (Fsp3) is 0.438. The SMILES string of the molecule is Nn1c(SCCC(=O)Nc2cccc(Br)c2)nnc1C1CCOCC1. The van der Waals surface area contributed by atoms with Gasteiger partial charge in [-0.15, -0.1) is 10.2 Å². The Morgan fingerprint density at radius 3 is 2.96 bits per heavy atom. The molecule has 0 saturated carbocycles. The molecule has 0 aliphatic carbocycles. The van der Waals surface area contributed by atoms with Crippen LogP contribution in [0.4, 0.5) is 5.69 Å². The second-order valence-corrected chi connectivity index (χ2v) is 7.73. The van der Waals surface area contributed by atoms with Gasteiger partial charge in [0.1, 0.15) is 0 Å². The number of hydrogen-bond donors (Lipinski definition) is 2. The van der Waals surface area contributed by atoms with E-state index in [1.54, 1.807) is 4.68 Å². The van der Waals surface area contributed by atoms with Crippen LogP contribution in [0.15, 0.2) is 33.9 Å². The number of nitrogens with zero attached hydrogens (tertiary/aromatic N) is 3. The number of carbonyl (C=O) groups is 1. The molecule has 0 unspecified atom stereocenters. The maximum atomic E-state index is 12.0. The van der Waals surface area contributed by atoms with E-state index in [9.17, 15) is 4.79 Å². The van der Waals surface area contributed by atoms with Crippen molar-refractivity contribution in [1.82, 2.24) is 14.9 Å². The lowest BCUT2D eigenvalue weighted by atomic mass is 10.00. The van der Waals surface area contributed by atoms with Gasteiger partial charge in [-0.25, -0.2) is 4.68 Å². The van der Waals surface area contributed by atoms with Gasteiger partial charge in [0.25, 0.3) is 0 Å². The van der Waals surface area contributed by atoms with Crippen molar-refractivity contribution in [1.29, 1.82) is 0 Å². The van der Waals surface area contributed by atoms with Crippen LogP contribution in [0.2, 0.25) is 0 Å². The second kappa shape index (κ2) is 8.68. The smallest absolute Gasteiger partial charge is 0.225 e. The highest BCUT2D eigenvalue weighted by molar-refractivity contribution is 9.10. The molecule has 1 aromatic heterocycles. The molecule has 134 valence electrons. The van der Waals surface area contributed by atoms with Crippen LogP contribution in [0.3, 0.4) is 0 Å². The van der Waals surface area contributed by atoms with Crippen molar-refractivity contribution in [3.8, 4) is 0 Å². The van der Waals surface area contributed by atoms with Crippen LogP contribution < -0.4 is 11.2 Å². The van der Waals surface area contributed by atoms with Crippen LogP contribution in [0, 0.1) is 0 Å². The minimum atomic E-state index is -0.0432. The molecule has 1 fully saturated rings. The molecule has 1 saturated heterocycles. The van der Waals surface area contributed by atoms with E-state index >= 15 is 0 Å². The summed E-state index contributed by atoms with van der Waals surface area (Å²) in [6.07, 6.45) is 2.20. The molecule has 9 heteroatoms. The number of carbonyl (C=O) groups excluding carboxylic acids is 1. The molecule has 0 bridgehead atoms. The minimum Gasteiger partial charge on any atom is -0.381 e. The minimum absolute atomic E-state index is 0.0432. The van der Waals surface area contributed by atoms with Crippen molar-refractivity contribution in [2.45, 2.75) is 30.3 Å². The van der Waals surface area contributed by atoms with E-state index in [1.165, 1.54) is 11.8 Å². The number of hydrogen-bond acceptors (Lipinski definition) is 6. The summed E-state index contributed by atoms with van der Waals surface area (Å²) in [5, 5.41) is 11.9. The summed E-state index contributed by atoms with van der Waals surface area (Å²) in [5.41, 5.74) is 0.771. The number of amides is 1. The summed E-state index contributed by atoms with van der Waals surface area (Å²) in [4.78, 5) is 12.0. The van der Waals surface area contributed by atoms with Gasteiger partial charge in [0, 0.05) is 41.5 Å². The highest BCUT2D eigenvalue weighted by Gasteiger charge is 2.23. The van der Waals surface area contributed by atoms with Crippen LogP contribution in [-0.4, -0.2) is 39.7 Å². The van der Waals surface area contributed by atoms with Gasteiger partial charge in [0.05, 0.1) is 0 Å². The summed E-state index contributed by atoms with van der Waals surface area (Å²) in [5.74, 6) is 7.75. The van der Waals surface area contributed by atoms with Crippen molar-refractivity contribution in [2.24, 2.45) is 0 Å². The van der Waals surface area contributed by atoms with Gasteiger partial charge in [0.2, 0.25) is 11.1 Å². The predicted molar refractivity (Wildman–Crippen MR) is 101 cm³/mol. The lowest BCUT2D eigenvalue weighted by Gasteiger charge is -2.20. The highest BCUT2D eigenvalue weighted by atomic mass is 79.9. The molecule has 1 amide bonds. The molecule has 1 aliphatic heterocycles. The number of rotatable bonds is 6. The Morgan fingerprint density at radius 1 is 1.40 bits per heavy atom. The first kappa shape index (κ1) is 18.2. The van der Waals surface area contributed by atoms with Crippen molar-refractivity contribution < 1.29 is 9.53 Å². The van der Waals surface area contributed by atoms with Gasteiger partial charge in [-0.2, -0.15) is 0 Å². The summed E-state index contributed by atoms with van der Waals surface area (Å²) >= 11 is 4.82. The molecule has 1 aromatic carbocycles. The van der Waals surface area contributed by atoms with Crippen LogP contribution in [0.1, 0.15) is 31.0 Å². The van der Waals surface area contributed by atoms with Crippen molar-refractivity contribution >= 4 is 39.3 Å². The first-order valence-electron chi connectivity index (χ1n) is 8.10. The predicted octanol–water partition coefficient (Wildman–Crippen LogP) is 2.77. The third kappa shape index (κ3) is 4.96. The quantitative estimate of drug-likeness (QED) is 0.545. The summed E-state index contributed by atoms with van der Waals surface area (Å²) in [6, 6.07) is 7.51. The monoisotopic (exact) mass is 425 g/mol. The fourth-order valence-corrected chi connectivity index (χ4v) is 3.85. The Morgan fingerprint density at radius 2 is 2.20 bits per heavy atom. The van der Waals surface area contributed by atoms with Crippen molar-refractivity contribution in [3.63, 3.8) is 0 Å². The molecule has 2 heterocycles. The van der Waals surface area contributed by atoms with Gasteiger partial charge in [-0.05, 0) is 31.0 Å². The number of nitrogens with one attached hydrogen (secondary N) is 1. The number of ether oxygens (including phenoxy) is 1. The Balaban J connectivity index is 1.48. The molecular weight excluding hydrogens is 406 g/mol. The summed E-state index contributed by atoms with van der Waals surface area (Å²) in [6.45, 7) is 1.46. The molecule has 0 radical (unpaired) electrons. The Bertz CT molecular complexity index is 733. The van der Waals surface area contributed by atoms with E-state index in [2.05, 4.69) is 31.4 Å². The zero-order valence-electron chi connectivity index (χ0n) is 13.7. The zero-order chi connectivity index (χ0) is 17.6. The van der Waals surface area contributed by atoms with Crippen LogP contribution in [0.25, 0.3) is 0 Å². The number of halogens is 1. The van der Waals surface area contributed by atoms with E-state index in [0.717, 1.165) is 42.0 Å². The van der Waals surface area contributed by atoms with E-state index in [-0.39, 0.29) is 5.91 Å². The zero-order valence-corrected chi connectivity index (χ0v) is 16.1. The number of anilines is 1. The molecule has 25 heavy (non-hydrogen) atoms. The average Bonchev–Trinajstić information content (AvgIpc) is 2.96. The number of thioether (sulfide) groups is 1. The largest absolute Gasteiger partial charge is 0.381 e. The van der Waals surface area contributed by atoms with Crippen molar-refractivity contribution in [3.05, 3.63) is 34.6 Å². The molecule has 3 rings (SSSR count). The van der Waals surface area contributed by atoms with Gasteiger partial charge in [0.15, 0.2) is 5.82 Å².